The first-order valence-corrected chi connectivity index (χ1v) is 9.35. The molecule has 150 valence electrons. The van der Waals surface area contributed by atoms with Crippen LogP contribution in [0, 0.1) is 5.82 Å². The maximum absolute atomic E-state index is 12.9. The van der Waals surface area contributed by atoms with E-state index in [1.165, 1.54) is 18.2 Å². The van der Waals surface area contributed by atoms with Gasteiger partial charge in [0.1, 0.15) is 11.5 Å². The van der Waals surface area contributed by atoms with Gasteiger partial charge >= 0.3 is 0 Å². The predicted octanol–water partition coefficient (Wildman–Crippen LogP) is 4.43. The van der Waals surface area contributed by atoms with E-state index < -0.39 is 0 Å². The summed E-state index contributed by atoms with van der Waals surface area (Å²) in [6.45, 7) is 2.60. The fourth-order valence-corrected chi connectivity index (χ4v) is 2.89. The van der Waals surface area contributed by atoms with Gasteiger partial charge in [0.25, 0.3) is 0 Å². The monoisotopic (exact) mass is 393 g/mol. The van der Waals surface area contributed by atoms with Crippen LogP contribution < -0.4 is 5.32 Å². The second-order valence-corrected chi connectivity index (χ2v) is 7.16. The Morgan fingerprint density at radius 3 is 2.69 bits per heavy atom. The third-order valence-corrected chi connectivity index (χ3v) is 4.37. The zero-order valence-corrected chi connectivity index (χ0v) is 16.7. The SMILES string of the molecule is C[C@H](NC(=O)C=Cc1ccc(F)cc1)c1cccc(-c2cc(CN(C)C)on2)c1. The van der Waals surface area contributed by atoms with Gasteiger partial charge in [-0.25, -0.2) is 4.39 Å². The fraction of sp³-hybridized carbons (Fsp3) is 0.217. The first-order chi connectivity index (χ1) is 13.9. The molecule has 0 aliphatic rings. The predicted molar refractivity (Wildman–Crippen MR) is 111 cm³/mol. The molecule has 1 N–H and O–H groups in total. The summed E-state index contributed by atoms with van der Waals surface area (Å²) in [7, 11) is 3.94. The van der Waals surface area contributed by atoms with Crippen molar-refractivity contribution in [2.75, 3.05) is 14.1 Å². The molecular weight excluding hydrogens is 369 g/mol. The molecule has 1 amide bonds. The number of carbonyl (C=O) groups is 1. The number of nitrogens with one attached hydrogen (secondary N) is 1. The van der Waals surface area contributed by atoms with Gasteiger partial charge in [-0.3, -0.25) is 4.79 Å². The summed E-state index contributed by atoms with van der Waals surface area (Å²) in [4.78, 5) is 14.2. The van der Waals surface area contributed by atoms with Crippen LogP contribution in [0.5, 0.6) is 0 Å². The number of hydrogen-bond acceptors (Lipinski definition) is 4. The highest BCUT2D eigenvalue weighted by Gasteiger charge is 2.11. The molecule has 3 rings (SSSR count). The number of rotatable bonds is 7. The Morgan fingerprint density at radius 2 is 1.97 bits per heavy atom. The van der Waals surface area contributed by atoms with Gasteiger partial charge in [-0.2, -0.15) is 0 Å². The topological polar surface area (TPSA) is 58.4 Å². The van der Waals surface area contributed by atoms with Crippen molar-refractivity contribution < 1.29 is 13.7 Å². The molecule has 0 unspecified atom stereocenters. The van der Waals surface area contributed by atoms with Crippen molar-refractivity contribution in [1.29, 1.82) is 0 Å². The zero-order valence-electron chi connectivity index (χ0n) is 16.7. The number of benzene rings is 2. The lowest BCUT2D eigenvalue weighted by Crippen LogP contribution is -2.24. The summed E-state index contributed by atoms with van der Waals surface area (Å²) in [6.07, 6.45) is 3.10. The molecule has 0 saturated heterocycles. The molecule has 0 fully saturated rings. The Morgan fingerprint density at radius 1 is 1.21 bits per heavy atom. The van der Waals surface area contributed by atoms with E-state index >= 15 is 0 Å². The van der Waals surface area contributed by atoms with Crippen LogP contribution in [-0.2, 0) is 11.3 Å². The third-order valence-electron chi connectivity index (χ3n) is 4.37. The van der Waals surface area contributed by atoms with Crippen LogP contribution in [0.1, 0.15) is 29.9 Å². The molecule has 5 nitrogen and oxygen atoms in total. The Labute approximate surface area is 169 Å². The van der Waals surface area contributed by atoms with Gasteiger partial charge in [0.05, 0.1) is 12.6 Å². The average Bonchev–Trinajstić information content (AvgIpc) is 3.15. The third kappa shape index (κ3) is 5.86. The van der Waals surface area contributed by atoms with E-state index in [1.807, 2.05) is 56.3 Å². The van der Waals surface area contributed by atoms with E-state index in [2.05, 4.69) is 10.5 Å². The normalized spacial score (nSPS) is 12.4. The van der Waals surface area contributed by atoms with Gasteiger partial charge in [0.15, 0.2) is 5.76 Å². The largest absolute Gasteiger partial charge is 0.359 e. The summed E-state index contributed by atoms with van der Waals surface area (Å²) < 4.78 is 18.3. The lowest BCUT2D eigenvalue weighted by atomic mass is 10.0. The van der Waals surface area contributed by atoms with Crippen molar-refractivity contribution in [3.05, 3.63) is 83.4 Å². The minimum Gasteiger partial charge on any atom is -0.359 e. The van der Waals surface area contributed by atoms with Crippen LogP contribution in [0.4, 0.5) is 4.39 Å². The Hall–Kier alpha value is -3.25. The van der Waals surface area contributed by atoms with Crippen LogP contribution >= 0.6 is 0 Å². The van der Waals surface area contributed by atoms with Crippen LogP contribution in [0.3, 0.4) is 0 Å². The van der Waals surface area contributed by atoms with Crippen LogP contribution in [0.15, 0.2) is 65.2 Å². The van der Waals surface area contributed by atoms with E-state index in [0.717, 1.165) is 28.1 Å². The molecule has 0 bridgehead atoms. The van der Waals surface area contributed by atoms with Crippen molar-refractivity contribution in [3.8, 4) is 11.3 Å². The number of hydrogen-bond donors (Lipinski definition) is 1. The van der Waals surface area contributed by atoms with Crippen molar-refractivity contribution in [3.63, 3.8) is 0 Å². The molecule has 1 heterocycles. The Bertz CT molecular complexity index is 993. The lowest BCUT2D eigenvalue weighted by molar-refractivity contribution is -0.117. The van der Waals surface area contributed by atoms with Crippen molar-refractivity contribution >= 4 is 12.0 Å². The Balaban J connectivity index is 1.65. The maximum Gasteiger partial charge on any atom is 0.244 e. The molecule has 1 aromatic heterocycles. The van der Waals surface area contributed by atoms with Crippen molar-refractivity contribution in [1.82, 2.24) is 15.4 Å². The number of amides is 1. The first-order valence-electron chi connectivity index (χ1n) is 9.35. The van der Waals surface area contributed by atoms with E-state index in [1.54, 1.807) is 18.2 Å². The molecule has 6 heteroatoms. The van der Waals surface area contributed by atoms with Crippen LogP contribution in [-0.4, -0.2) is 30.1 Å². The number of nitrogens with zero attached hydrogens (tertiary/aromatic N) is 2. The Kier molecular flexibility index (Phi) is 6.57. The molecule has 0 radical (unpaired) electrons. The lowest BCUT2D eigenvalue weighted by Gasteiger charge is -2.13. The standard InChI is InChI=1S/C23H24FN3O2/c1-16(25-23(28)12-9-17-7-10-20(24)11-8-17)18-5-4-6-19(13-18)22-14-21(29-26-22)15-27(2)3/h4-14,16H,15H2,1-3H3,(H,25,28)/t16-/m0/s1. The second kappa shape index (κ2) is 9.30. The molecule has 0 aliphatic carbocycles. The highest BCUT2D eigenvalue weighted by Crippen LogP contribution is 2.23. The highest BCUT2D eigenvalue weighted by atomic mass is 19.1. The minimum absolute atomic E-state index is 0.187. The first kappa shape index (κ1) is 20.5. The van der Waals surface area contributed by atoms with Crippen LogP contribution in [0.2, 0.25) is 0 Å². The molecule has 0 aliphatic heterocycles. The molecule has 29 heavy (non-hydrogen) atoms. The van der Waals surface area contributed by atoms with Crippen molar-refractivity contribution in [2.45, 2.75) is 19.5 Å². The van der Waals surface area contributed by atoms with Crippen LogP contribution in [0.25, 0.3) is 17.3 Å². The highest BCUT2D eigenvalue weighted by molar-refractivity contribution is 5.92. The molecular formula is C23H24FN3O2. The van der Waals surface area contributed by atoms with E-state index in [0.29, 0.717) is 6.54 Å². The summed E-state index contributed by atoms with van der Waals surface area (Å²) in [6, 6.07) is 15.5. The van der Waals surface area contributed by atoms with Gasteiger partial charge in [0.2, 0.25) is 5.91 Å². The van der Waals surface area contributed by atoms with E-state index in [-0.39, 0.29) is 17.8 Å². The minimum atomic E-state index is -0.305. The summed E-state index contributed by atoms with van der Waals surface area (Å²) in [5.74, 6) is 0.269. The quantitative estimate of drug-likeness (QED) is 0.603. The average molecular weight is 393 g/mol. The number of aromatic nitrogens is 1. The molecule has 3 aromatic rings. The fourth-order valence-electron chi connectivity index (χ4n) is 2.89. The van der Waals surface area contributed by atoms with Gasteiger partial charge in [-0.1, -0.05) is 35.5 Å². The molecule has 0 spiro atoms. The van der Waals surface area contributed by atoms with E-state index in [4.69, 9.17) is 4.52 Å². The number of carbonyl (C=O) groups excluding carboxylic acids is 1. The van der Waals surface area contributed by atoms with E-state index in [9.17, 15) is 9.18 Å². The van der Waals surface area contributed by atoms with Gasteiger partial charge in [-0.05, 0) is 56.4 Å². The van der Waals surface area contributed by atoms with Crippen molar-refractivity contribution in [2.24, 2.45) is 0 Å². The summed E-state index contributed by atoms with van der Waals surface area (Å²) in [5, 5.41) is 7.08. The summed E-state index contributed by atoms with van der Waals surface area (Å²) >= 11 is 0. The maximum atomic E-state index is 12.9. The second-order valence-electron chi connectivity index (χ2n) is 7.16. The zero-order chi connectivity index (χ0) is 20.8. The summed E-state index contributed by atoms with van der Waals surface area (Å²) in [5.41, 5.74) is 3.41. The number of halogens is 1. The van der Waals surface area contributed by atoms with Gasteiger partial charge in [-0.15, -0.1) is 0 Å². The molecule has 1 atom stereocenters. The molecule has 0 saturated carbocycles. The van der Waals surface area contributed by atoms with Gasteiger partial charge < -0.3 is 14.7 Å². The molecule has 2 aromatic carbocycles. The van der Waals surface area contributed by atoms with Gasteiger partial charge in [0, 0.05) is 17.7 Å². The smallest absolute Gasteiger partial charge is 0.244 e.